The number of ether oxygens (including phenoxy) is 1. The molecule has 23 heavy (non-hydrogen) atoms. The summed E-state index contributed by atoms with van der Waals surface area (Å²) >= 11 is 3.28. The number of rotatable bonds is 3. The molecular weight excluding hydrogens is 364 g/mol. The van der Waals surface area contributed by atoms with Gasteiger partial charge in [-0.15, -0.1) is 0 Å². The van der Waals surface area contributed by atoms with Crippen molar-refractivity contribution in [3.63, 3.8) is 0 Å². The van der Waals surface area contributed by atoms with Gasteiger partial charge in [-0.3, -0.25) is 13.9 Å². The fourth-order valence-corrected chi connectivity index (χ4v) is 2.82. The zero-order chi connectivity index (χ0) is 16.7. The van der Waals surface area contributed by atoms with Gasteiger partial charge < -0.3 is 9.30 Å². The Morgan fingerprint density at radius 3 is 2.39 bits per heavy atom. The number of nitrogens with zero attached hydrogens (tertiary/aromatic N) is 4. The fraction of sp³-hybridized carbons (Fsp3) is 0.267. The lowest BCUT2D eigenvalue weighted by atomic mass is 10.2. The third-order valence-electron chi connectivity index (χ3n) is 3.81. The molecule has 0 fully saturated rings. The van der Waals surface area contributed by atoms with Crippen molar-refractivity contribution in [2.24, 2.45) is 14.1 Å². The Bertz CT molecular complexity index is 999. The molecular formula is C15H15BrN4O3. The van der Waals surface area contributed by atoms with Gasteiger partial charge in [-0.2, -0.15) is 0 Å². The highest BCUT2D eigenvalue weighted by Crippen LogP contribution is 2.15. The van der Waals surface area contributed by atoms with Crippen LogP contribution < -0.4 is 16.0 Å². The van der Waals surface area contributed by atoms with Crippen LogP contribution in [0.2, 0.25) is 0 Å². The molecule has 0 aliphatic rings. The molecule has 0 N–H and O–H groups in total. The maximum Gasteiger partial charge on any atom is 0.332 e. The molecule has 2 heterocycles. The molecule has 2 aromatic heterocycles. The molecule has 0 spiro atoms. The Morgan fingerprint density at radius 2 is 1.78 bits per heavy atom. The van der Waals surface area contributed by atoms with E-state index in [9.17, 15) is 9.59 Å². The number of methoxy groups -OCH3 is 1. The molecule has 3 aromatic rings. The summed E-state index contributed by atoms with van der Waals surface area (Å²) in [7, 11) is 4.92. The van der Waals surface area contributed by atoms with E-state index in [1.54, 1.807) is 37.9 Å². The van der Waals surface area contributed by atoms with Crippen molar-refractivity contribution in [2.45, 2.75) is 6.54 Å². The van der Waals surface area contributed by atoms with Crippen LogP contribution in [0.3, 0.4) is 0 Å². The van der Waals surface area contributed by atoms with Crippen molar-refractivity contribution in [3.8, 4) is 5.75 Å². The van der Waals surface area contributed by atoms with Crippen LogP contribution in [-0.4, -0.2) is 25.8 Å². The molecule has 8 heteroatoms. The van der Waals surface area contributed by atoms with Gasteiger partial charge in [-0.05, 0) is 33.6 Å². The molecule has 0 radical (unpaired) electrons. The summed E-state index contributed by atoms with van der Waals surface area (Å²) in [6.07, 6.45) is 0. The highest BCUT2D eigenvalue weighted by molar-refractivity contribution is 9.10. The first-order chi connectivity index (χ1) is 10.9. The van der Waals surface area contributed by atoms with E-state index in [-0.39, 0.29) is 12.1 Å². The summed E-state index contributed by atoms with van der Waals surface area (Å²) in [6.45, 7) is 0.189. The number of aromatic nitrogens is 4. The van der Waals surface area contributed by atoms with Crippen molar-refractivity contribution in [3.05, 3.63) is 55.4 Å². The molecule has 0 saturated heterocycles. The number of imidazole rings is 1. The number of halogens is 1. The lowest BCUT2D eigenvalue weighted by Crippen LogP contribution is -2.39. The monoisotopic (exact) mass is 378 g/mol. The molecule has 1 aromatic carbocycles. The molecule has 7 nitrogen and oxygen atoms in total. The van der Waals surface area contributed by atoms with Gasteiger partial charge in [0.1, 0.15) is 5.75 Å². The summed E-state index contributed by atoms with van der Waals surface area (Å²) < 4.78 is 9.83. The summed E-state index contributed by atoms with van der Waals surface area (Å²) in [5.41, 5.74) is 0.821. The quantitative estimate of drug-likeness (QED) is 0.643. The molecule has 0 aliphatic heterocycles. The van der Waals surface area contributed by atoms with Gasteiger partial charge in [0.2, 0.25) is 0 Å². The Kier molecular flexibility index (Phi) is 3.85. The lowest BCUT2D eigenvalue weighted by Gasteiger charge is -2.09. The van der Waals surface area contributed by atoms with Crippen LogP contribution in [0.4, 0.5) is 0 Å². The molecule has 0 bridgehead atoms. The van der Waals surface area contributed by atoms with Crippen LogP contribution in [0.25, 0.3) is 11.2 Å². The van der Waals surface area contributed by atoms with Gasteiger partial charge in [0.25, 0.3) is 5.56 Å². The van der Waals surface area contributed by atoms with Gasteiger partial charge in [-0.1, -0.05) is 12.1 Å². The average Bonchev–Trinajstić information content (AvgIpc) is 2.86. The molecule has 120 valence electrons. The first-order valence-corrected chi connectivity index (χ1v) is 7.68. The van der Waals surface area contributed by atoms with E-state index in [1.807, 2.05) is 12.1 Å². The normalized spacial score (nSPS) is 11.1. The Hall–Kier alpha value is -2.35. The standard InChI is InChI=1S/C15H15BrN4O3/c1-18-11-12(17-14(18)16)19(2)15(22)20(13(11)21)8-9-4-6-10(23-3)7-5-9/h4-7H,8H2,1-3H3. The third kappa shape index (κ3) is 2.48. The van der Waals surface area contributed by atoms with E-state index >= 15 is 0 Å². The second-order valence-electron chi connectivity index (χ2n) is 5.19. The van der Waals surface area contributed by atoms with Crippen molar-refractivity contribution >= 4 is 27.1 Å². The summed E-state index contributed by atoms with van der Waals surface area (Å²) in [5, 5.41) is 0. The number of benzene rings is 1. The van der Waals surface area contributed by atoms with E-state index in [0.717, 1.165) is 11.3 Å². The van der Waals surface area contributed by atoms with Gasteiger partial charge in [0.15, 0.2) is 15.9 Å². The van der Waals surface area contributed by atoms with Gasteiger partial charge in [-0.25, -0.2) is 9.78 Å². The minimum absolute atomic E-state index is 0.189. The Balaban J connectivity index is 2.19. The molecule has 0 unspecified atom stereocenters. The SMILES string of the molecule is COc1ccc(Cn2c(=O)c3c(nc(Br)n3C)n(C)c2=O)cc1. The number of hydrogen-bond donors (Lipinski definition) is 0. The zero-order valence-corrected chi connectivity index (χ0v) is 14.5. The zero-order valence-electron chi connectivity index (χ0n) is 12.9. The first kappa shape index (κ1) is 15.5. The Morgan fingerprint density at radius 1 is 1.13 bits per heavy atom. The summed E-state index contributed by atoms with van der Waals surface area (Å²) in [5.74, 6) is 0.722. The molecule has 3 rings (SSSR count). The largest absolute Gasteiger partial charge is 0.497 e. The summed E-state index contributed by atoms with van der Waals surface area (Å²) in [6, 6.07) is 7.25. The van der Waals surface area contributed by atoms with Crippen molar-refractivity contribution in [1.82, 2.24) is 18.7 Å². The van der Waals surface area contributed by atoms with Crippen LogP contribution in [0.1, 0.15) is 5.56 Å². The minimum Gasteiger partial charge on any atom is -0.497 e. The molecule has 0 amide bonds. The van der Waals surface area contributed by atoms with E-state index < -0.39 is 5.69 Å². The van der Waals surface area contributed by atoms with Crippen molar-refractivity contribution in [1.29, 1.82) is 0 Å². The maximum atomic E-state index is 12.7. The van der Waals surface area contributed by atoms with E-state index in [2.05, 4.69) is 20.9 Å². The highest BCUT2D eigenvalue weighted by atomic mass is 79.9. The molecule has 0 atom stereocenters. The van der Waals surface area contributed by atoms with E-state index in [4.69, 9.17) is 4.74 Å². The topological polar surface area (TPSA) is 71.1 Å². The highest BCUT2D eigenvalue weighted by Gasteiger charge is 2.17. The second-order valence-corrected chi connectivity index (χ2v) is 5.90. The van der Waals surface area contributed by atoms with Gasteiger partial charge >= 0.3 is 5.69 Å². The number of aryl methyl sites for hydroxylation is 2. The average molecular weight is 379 g/mol. The fourth-order valence-electron chi connectivity index (χ4n) is 2.47. The predicted octanol–water partition coefficient (Wildman–Crippen LogP) is 1.25. The third-order valence-corrected chi connectivity index (χ3v) is 4.51. The molecule has 0 aliphatic carbocycles. The van der Waals surface area contributed by atoms with Crippen LogP contribution >= 0.6 is 15.9 Å². The first-order valence-electron chi connectivity index (χ1n) is 6.88. The van der Waals surface area contributed by atoms with Crippen LogP contribution in [0, 0.1) is 0 Å². The van der Waals surface area contributed by atoms with Crippen molar-refractivity contribution < 1.29 is 4.74 Å². The van der Waals surface area contributed by atoms with Gasteiger partial charge in [0, 0.05) is 14.1 Å². The van der Waals surface area contributed by atoms with Crippen LogP contribution in [0.5, 0.6) is 5.75 Å². The predicted molar refractivity (Wildman–Crippen MR) is 90.0 cm³/mol. The van der Waals surface area contributed by atoms with Gasteiger partial charge in [0.05, 0.1) is 13.7 Å². The van der Waals surface area contributed by atoms with Crippen molar-refractivity contribution in [2.75, 3.05) is 7.11 Å². The lowest BCUT2D eigenvalue weighted by molar-refractivity contribution is 0.414. The Labute approximate surface area is 139 Å². The van der Waals surface area contributed by atoms with E-state index in [0.29, 0.717) is 15.9 Å². The van der Waals surface area contributed by atoms with Crippen LogP contribution in [0.15, 0.2) is 38.6 Å². The van der Waals surface area contributed by atoms with E-state index in [1.165, 1.54) is 9.13 Å². The maximum absolute atomic E-state index is 12.7. The summed E-state index contributed by atoms with van der Waals surface area (Å²) in [4.78, 5) is 29.4. The van der Waals surface area contributed by atoms with Crippen LogP contribution in [-0.2, 0) is 20.6 Å². The second kappa shape index (κ2) is 5.69. The minimum atomic E-state index is -0.399. The number of fused-ring (bicyclic) bond motifs is 1. The number of hydrogen-bond acceptors (Lipinski definition) is 4. The smallest absolute Gasteiger partial charge is 0.332 e. The molecule has 0 saturated carbocycles.